The third kappa shape index (κ3) is 3.35. The molecule has 3 nitrogen and oxygen atoms in total. The summed E-state index contributed by atoms with van der Waals surface area (Å²) >= 11 is 0. The zero-order chi connectivity index (χ0) is 13.0. The summed E-state index contributed by atoms with van der Waals surface area (Å²) in [5.74, 6) is 0. The van der Waals surface area contributed by atoms with Crippen molar-refractivity contribution in [2.45, 2.75) is 71.4 Å². The summed E-state index contributed by atoms with van der Waals surface area (Å²) in [6, 6.07) is 3.60. The van der Waals surface area contributed by atoms with E-state index in [2.05, 4.69) is 36.8 Å². The van der Waals surface area contributed by atoms with Crippen LogP contribution in [0.25, 0.3) is 0 Å². The van der Waals surface area contributed by atoms with Gasteiger partial charge in [0.25, 0.3) is 0 Å². The Hall–Kier alpha value is -0.830. The van der Waals surface area contributed by atoms with E-state index in [0.717, 1.165) is 25.4 Å². The van der Waals surface area contributed by atoms with Crippen molar-refractivity contribution in [3.8, 4) is 0 Å². The third-order valence-corrected chi connectivity index (χ3v) is 3.78. The van der Waals surface area contributed by atoms with Gasteiger partial charge in [-0.25, -0.2) is 0 Å². The van der Waals surface area contributed by atoms with E-state index in [-0.39, 0.29) is 0 Å². The van der Waals surface area contributed by atoms with Gasteiger partial charge < -0.3 is 5.32 Å². The lowest BCUT2D eigenvalue weighted by Crippen LogP contribution is -2.28. The van der Waals surface area contributed by atoms with Gasteiger partial charge in [0.1, 0.15) is 0 Å². The lowest BCUT2D eigenvalue weighted by atomic mass is 10.1. The maximum atomic E-state index is 4.79. The second-order valence-corrected chi connectivity index (χ2v) is 5.40. The van der Waals surface area contributed by atoms with E-state index in [4.69, 9.17) is 5.10 Å². The number of aromatic nitrogens is 2. The van der Waals surface area contributed by atoms with E-state index in [9.17, 15) is 0 Å². The normalized spacial score (nSPS) is 17.1. The second kappa shape index (κ2) is 6.37. The topological polar surface area (TPSA) is 29.9 Å². The van der Waals surface area contributed by atoms with Crippen molar-refractivity contribution >= 4 is 0 Å². The summed E-state index contributed by atoms with van der Waals surface area (Å²) in [7, 11) is 0. The molecule has 1 atom stereocenters. The molecule has 0 bridgehead atoms. The van der Waals surface area contributed by atoms with E-state index < -0.39 is 0 Å². The first-order chi connectivity index (χ1) is 8.78. The molecule has 0 amide bonds. The van der Waals surface area contributed by atoms with Gasteiger partial charge in [-0.3, -0.25) is 4.68 Å². The smallest absolute Gasteiger partial charge is 0.0646 e. The highest BCUT2D eigenvalue weighted by Gasteiger charge is 2.23. The Labute approximate surface area is 111 Å². The highest BCUT2D eigenvalue weighted by molar-refractivity contribution is 5.11. The largest absolute Gasteiger partial charge is 0.312 e. The second-order valence-electron chi connectivity index (χ2n) is 5.40. The number of hydrogen-bond acceptors (Lipinski definition) is 2. The van der Waals surface area contributed by atoms with Crippen LogP contribution in [0.15, 0.2) is 6.07 Å². The highest BCUT2D eigenvalue weighted by atomic mass is 15.3. The molecule has 2 rings (SSSR count). The summed E-state index contributed by atoms with van der Waals surface area (Å²) < 4.78 is 2.29. The first kappa shape index (κ1) is 13.6. The molecule has 102 valence electrons. The van der Waals surface area contributed by atoms with Crippen LogP contribution in [-0.2, 0) is 12.8 Å². The van der Waals surface area contributed by atoms with Gasteiger partial charge in [-0.05, 0) is 38.2 Å². The van der Waals surface area contributed by atoms with Gasteiger partial charge in [-0.2, -0.15) is 5.10 Å². The standard InChI is InChI=1S/C15H27N3/c1-4-7-15(11-16-13-8-9-13)18-14(6-3)10-12(5-2)17-18/h10,13,15-16H,4-9,11H2,1-3H3. The molecule has 1 aromatic rings. The maximum Gasteiger partial charge on any atom is 0.0646 e. The monoisotopic (exact) mass is 249 g/mol. The van der Waals surface area contributed by atoms with Crippen LogP contribution in [0.2, 0.25) is 0 Å². The predicted molar refractivity (Wildman–Crippen MR) is 76.0 cm³/mol. The van der Waals surface area contributed by atoms with Crippen LogP contribution in [0.3, 0.4) is 0 Å². The van der Waals surface area contributed by atoms with Crippen LogP contribution in [0, 0.1) is 0 Å². The average molecular weight is 249 g/mol. The molecule has 1 heterocycles. The summed E-state index contributed by atoms with van der Waals surface area (Å²) in [6.45, 7) is 7.75. The zero-order valence-corrected chi connectivity index (χ0v) is 12.1. The van der Waals surface area contributed by atoms with Crippen molar-refractivity contribution in [1.82, 2.24) is 15.1 Å². The Morgan fingerprint density at radius 2 is 2.11 bits per heavy atom. The first-order valence-electron chi connectivity index (χ1n) is 7.59. The molecule has 1 aliphatic carbocycles. The fourth-order valence-corrected chi connectivity index (χ4v) is 2.48. The van der Waals surface area contributed by atoms with E-state index in [1.165, 1.54) is 37.1 Å². The molecule has 0 saturated heterocycles. The SMILES string of the molecule is CCCC(CNC1CC1)n1nc(CC)cc1CC. The quantitative estimate of drug-likeness (QED) is 0.767. The Kier molecular flexibility index (Phi) is 4.81. The molecule has 1 aliphatic rings. The number of nitrogens with one attached hydrogen (secondary N) is 1. The van der Waals surface area contributed by atoms with Crippen molar-refractivity contribution in [2.75, 3.05) is 6.54 Å². The van der Waals surface area contributed by atoms with E-state index in [1.54, 1.807) is 0 Å². The van der Waals surface area contributed by atoms with Crippen molar-refractivity contribution in [3.05, 3.63) is 17.5 Å². The molecule has 1 aromatic heterocycles. The minimum atomic E-state index is 0.533. The fraction of sp³-hybridized carbons (Fsp3) is 0.800. The predicted octanol–water partition coefficient (Wildman–Crippen LogP) is 3.10. The van der Waals surface area contributed by atoms with Crippen LogP contribution in [0.4, 0.5) is 0 Å². The number of rotatable bonds is 8. The van der Waals surface area contributed by atoms with Crippen LogP contribution >= 0.6 is 0 Å². The molecule has 1 saturated carbocycles. The minimum absolute atomic E-state index is 0.533. The number of aryl methyl sites for hydroxylation is 2. The van der Waals surface area contributed by atoms with Crippen molar-refractivity contribution in [3.63, 3.8) is 0 Å². The van der Waals surface area contributed by atoms with Crippen LogP contribution in [-0.4, -0.2) is 22.4 Å². The molecule has 0 aromatic carbocycles. The lowest BCUT2D eigenvalue weighted by Gasteiger charge is -2.20. The lowest BCUT2D eigenvalue weighted by molar-refractivity contribution is 0.383. The molecule has 0 radical (unpaired) electrons. The van der Waals surface area contributed by atoms with Crippen molar-refractivity contribution < 1.29 is 0 Å². The van der Waals surface area contributed by atoms with Crippen molar-refractivity contribution in [2.24, 2.45) is 0 Å². The molecule has 0 aliphatic heterocycles. The summed E-state index contributed by atoms with van der Waals surface area (Å²) in [5, 5.41) is 8.45. The molecule has 1 fully saturated rings. The highest BCUT2D eigenvalue weighted by Crippen LogP contribution is 2.22. The zero-order valence-electron chi connectivity index (χ0n) is 12.1. The Morgan fingerprint density at radius 1 is 1.33 bits per heavy atom. The first-order valence-corrected chi connectivity index (χ1v) is 7.59. The van der Waals surface area contributed by atoms with Crippen LogP contribution in [0.1, 0.15) is 63.9 Å². The van der Waals surface area contributed by atoms with Gasteiger partial charge in [0.15, 0.2) is 0 Å². The molecule has 3 heteroatoms. The van der Waals surface area contributed by atoms with Gasteiger partial charge >= 0.3 is 0 Å². The van der Waals surface area contributed by atoms with Gasteiger partial charge in [0.05, 0.1) is 11.7 Å². The molecule has 0 spiro atoms. The Bertz CT molecular complexity index is 366. The Balaban J connectivity index is 2.08. The van der Waals surface area contributed by atoms with E-state index in [0.29, 0.717) is 6.04 Å². The number of hydrogen-bond donors (Lipinski definition) is 1. The third-order valence-electron chi connectivity index (χ3n) is 3.78. The summed E-state index contributed by atoms with van der Waals surface area (Å²) in [6.07, 6.45) is 7.28. The van der Waals surface area contributed by atoms with E-state index in [1.807, 2.05) is 0 Å². The van der Waals surface area contributed by atoms with Crippen LogP contribution < -0.4 is 5.32 Å². The maximum absolute atomic E-state index is 4.79. The van der Waals surface area contributed by atoms with Crippen molar-refractivity contribution in [1.29, 1.82) is 0 Å². The van der Waals surface area contributed by atoms with Gasteiger partial charge in [-0.1, -0.05) is 27.2 Å². The van der Waals surface area contributed by atoms with Gasteiger partial charge in [-0.15, -0.1) is 0 Å². The molecule has 1 N–H and O–H groups in total. The van der Waals surface area contributed by atoms with E-state index >= 15 is 0 Å². The minimum Gasteiger partial charge on any atom is -0.312 e. The Morgan fingerprint density at radius 3 is 2.67 bits per heavy atom. The molecular formula is C15H27N3. The summed E-state index contributed by atoms with van der Waals surface area (Å²) in [4.78, 5) is 0. The molecule has 1 unspecified atom stereocenters. The summed E-state index contributed by atoms with van der Waals surface area (Å²) in [5.41, 5.74) is 2.63. The molecule has 18 heavy (non-hydrogen) atoms. The average Bonchev–Trinajstić information content (AvgIpc) is 3.12. The fourth-order valence-electron chi connectivity index (χ4n) is 2.48. The number of nitrogens with zero attached hydrogens (tertiary/aromatic N) is 2. The van der Waals surface area contributed by atoms with Gasteiger partial charge in [0, 0.05) is 18.3 Å². The van der Waals surface area contributed by atoms with Crippen LogP contribution in [0.5, 0.6) is 0 Å². The van der Waals surface area contributed by atoms with Gasteiger partial charge in [0.2, 0.25) is 0 Å². The molecular weight excluding hydrogens is 222 g/mol.